The molecule has 12 aromatic rings. The summed E-state index contributed by atoms with van der Waals surface area (Å²) in [6, 6.07) is 66.7. The van der Waals surface area contributed by atoms with Gasteiger partial charge in [-0.25, -0.2) is 4.98 Å². The largest absolute Gasteiger partial charge is 0.309 e. The van der Waals surface area contributed by atoms with Gasteiger partial charge >= 0.3 is 0 Å². The Kier molecular flexibility index (Phi) is 7.03. The van der Waals surface area contributed by atoms with Crippen LogP contribution in [-0.2, 0) is 0 Å². The van der Waals surface area contributed by atoms with Crippen molar-refractivity contribution in [3.05, 3.63) is 188 Å². The zero-order valence-corrected chi connectivity index (χ0v) is 31.4. The summed E-state index contributed by atoms with van der Waals surface area (Å²) in [6.45, 7) is 0. The molecule has 0 atom stereocenters. The zero-order valence-electron chi connectivity index (χ0n) is 30.5. The highest BCUT2D eigenvalue weighted by Crippen LogP contribution is 2.40. The van der Waals surface area contributed by atoms with Crippen LogP contribution in [0.5, 0.6) is 0 Å². The molecular formula is C51H31N5S. The van der Waals surface area contributed by atoms with E-state index in [4.69, 9.17) is 15.0 Å². The molecule has 0 radical (unpaired) electrons. The van der Waals surface area contributed by atoms with Crippen molar-refractivity contribution in [3.63, 3.8) is 0 Å². The van der Waals surface area contributed by atoms with E-state index in [0.29, 0.717) is 17.6 Å². The lowest BCUT2D eigenvalue weighted by atomic mass is 10.0. The molecule has 0 aliphatic rings. The first kappa shape index (κ1) is 31.9. The maximum Gasteiger partial charge on any atom is 0.238 e. The van der Waals surface area contributed by atoms with E-state index < -0.39 is 0 Å². The highest BCUT2D eigenvalue weighted by Gasteiger charge is 2.21. The number of hydrogen-bond acceptors (Lipinski definition) is 4. The lowest BCUT2D eigenvalue weighted by Gasteiger charge is -2.12. The Balaban J connectivity index is 1.09. The molecule has 0 bridgehead atoms. The molecule has 0 saturated heterocycles. The first-order valence-corrected chi connectivity index (χ1v) is 19.9. The van der Waals surface area contributed by atoms with E-state index >= 15 is 0 Å². The van der Waals surface area contributed by atoms with Crippen LogP contribution in [0.1, 0.15) is 0 Å². The number of nitrogens with zero attached hydrogens (tertiary/aromatic N) is 5. The zero-order chi connectivity index (χ0) is 37.5. The average molecular weight is 746 g/mol. The molecule has 0 amide bonds. The lowest BCUT2D eigenvalue weighted by Crippen LogP contribution is -2.06. The summed E-state index contributed by atoms with van der Waals surface area (Å²) in [7, 11) is 0. The first-order chi connectivity index (χ1) is 28.2. The van der Waals surface area contributed by atoms with Crippen molar-refractivity contribution < 1.29 is 0 Å². The highest BCUT2D eigenvalue weighted by atomic mass is 32.1. The minimum absolute atomic E-state index is 0.577. The Morgan fingerprint density at radius 1 is 0.316 bits per heavy atom. The van der Waals surface area contributed by atoms with Crippen LogP contribution < -0.4 is 0 Å². The standard InChI is InChI=1S/C51H31N5S/c1-3-14-32(15-4-1)49-52-50(35-17-13-16-33(28-35)34-26-27-48-42(29-34)39-22-9-12-25-47(39)57-48)54-51(53-49)56-44-24-11-8-21-38(44)41-30-45-40(31-46(41)56)37-20-7-10-23-43(37)55(45)36-18-5-2-6-19-36/h1-31H. The second-order valence-electron chi connectivity index (χ2n) is 14.5. The van der Waals surface area contributed by atoms with E-state index in [1.54, 1.807) is 0 Å². The fourth-order valence-corrected chi connectivity index (χ4v) is 9.64. The van der Waals surface area contributed by atoms with Gasteiger partial charge in [0.15, 0.2) is 11.6 Å². The van der Waals surface area contributed by atoms with Gasteiger partial charge < -0.3 is 4.57 Å². The van der Waals surface area contributed by atoms with Gasteiger partial charge in [0.05, 0.1) is 22.1 Å². The summed E-state index contributed by atoms with van der Waals surface area (Å²) < 4.78 is 7.18. The van der Waals surface area contributed by atoms with Gasteiger partial charge in [-0.1, -0.05) is 127 Å². The molecular weight excluding hydrogens is 715 g/mol. The van der Waals surface area contributed by atoms with Crippen molar-refractivity contribution in [2.45, 2.75) is 0 Å². The molecule has 266 valence electrons. The third-order valence-electron chi connectivity index (χ3n) is 11.2. The Hall–Kier alpha value is -7.41. The molecule has 0 N–H and O–H groups in total. The summed E-state index contributed by atoms with van der Waals surface area (Å²) in [5, 5.41) is 7.21. The van der Waals surface area contributed by atoms with Crippen molar-refractivity contribution >= 4 is 75.1 Å². The number of para-hydroxylation sites is 3. The number of fused-ring (bicyclic) bond motifs is 9. The number of thiophene rings is 1. The third kappa shape index (κ3) is 5.04. The van der Waals surface area contributed by atoms with Crippen molar-refractivity contribution in [1.82, 2.24) is 24.1 Å². The van der Waals surface area contributed by atoms with Gasteiger partial charge in [0.2, 0.25) is 5.95 Å². The highest BCUT2D eigenvalue weighted by molar-refractivity contribution is 7.25. The quantitative estimate of drug-likeness (QED) is 0.176. The topological polar surface area (TPSA) is 48.5 Å². The summed E-state index contributed by atoms with van der Waals surface area (Å²) >= 11 is 1.84. The van der Waals surface area contributed by atoms with Crippen molar-refractivity contribution in [2.24, 2.45) is 0 Å². The molecule has 57 heavy (non-hydrogen) atoms. The van der Waals surface area contributed by atoms with Crippen LogP contribution in [0, 0.1) is 0 Å². The van der Waals surface area contributed by atoms with Gasteiger partial charge in [-0.15, -0.1) is 11.3 Å². The smallest absolute Gasteiger partial charge is 0.238 e. The molecule has 0 aliphatic heterocycles. The van der Waals surface area contributed by atoms with Gasteiger partial charge in [0.25, 0.3) is 0 Å². The molecule has 8 aromatic carbocycles. The second kappa shape index (κ2) is 12.6. The summed E-state index contributed by atoms with van der Waals surface area (Å²) in [6.07, 6.45) is 0. The van der Waals surface area contributed by atoms with E-state index in [2.05, 4.69) is 179 Å². The maximum absolute atomic E-state index is 5.32. The summed E-state index contributed by atoms with van der Waals surface area (Å²) in [4.78, 5) is 15.7. The summed E-state index contributed by atoms with van der Waals surface area (Å²) in [5.41, 5.74) is 9.67. The van der Waals surface area contributed by atoms with Crippen LogP contribution in [-0.4, -0.2) is 24.1 Å². The second-order valence-corrected chi connectivity index (χ2v) is 15.5. The van der Waals surface area contributed by atoms with Gasteiger partial charge in [-0.2, -0.15) is 9.97 Å². The molecule has 5 nitrogen and oxygen atoms in total. The fraction of sp³-hybridized carbons (Fsp3) is 0. The minimum Gasteiger partial charge on any atom is -0.309 e. The molecule has 0 fully saturated rings. The van der Waals surface area contributed by atoms with Gasteiger partial charge in [0, 0.05) is 58.5 Å². The first-order valence-electron chi connectivity index (χ1n) is 19.1. The maximum atomic E-state index is 5.32. The monoisotopic (exact) mass is 745 g/mol. The predicted octanol–water partition coefficient (Wildman–Crippen LogP) is 13.4. The third-order valence-corrected chi connectivity index (χ3v) is 12.3. The lowest BCUT2D eigenvalue weighted by molar-refractivity contribution is 0.954. The molecule has 0 spiro atoms. The molecule has 4 heterocycles. The summed E-state index contributed by atoms with van der Waals surface area (Å²) in [5.74, 6) is 1.82. The normalized spacial score (nSPS) is 11.9. The number of benzene rings is 8. The van der Waals surface area contributed by atoms with Gasteiger partial charge in [0.1, 0.15) is 0 Å². The number of aromatic nitrogens is 5. The Morgan fingerprint density at radius 2 is 0.860 bits per heavy atom. The van der Waals surface area contributed by atoms with E-state index in [9.17, 15) is 0 Å². The average Bonchev–Trinajstić information content (AvgIpc) is 3.93. The van der Waals surface area contributed by atoms with E-state index in [-0.39, 0.29) is 0 Å². The predicted molar refractivity (Wildman–Crippen MR) is 238 cm³/mol. The molecule has 0 aliphatic carbocycles. The Labute approximate surface area is 331 Å². The van der Waals surface area contributed by atoms with Gasteiger partial charge in [-0.3, -0.25) is 4.57 Å². The Bertz CT molecular complexity index is 3520. The van der Waals surface area contributed by atoms with Crippen LogP contribution in [0.15, 0.2) is 188 Å². The van der Waals surface area contributed by atoms with Crippen LogP contribution in [0.25, 0.3) is 109 Å². The van der Waals surface area contributed by atoms with Crippen molar-refractivity contribution in [2.75, 3.05) is 0 Å². The van der Waals surface area contributed by atoms with Crippen LogP contribution in [0.2, 0.25) is 0 Å². The number of hydrogen-bond donors (Lipinski definition) is 0. The van der Waals surface area contributed by atoms with Crippen LogP contribution >= 0.6 is 11.3 Å². The SMILES string of the molecule is c1ccc(-c2nc(-c3cccc(-c4ccc5sc6ccccc6c5c4)c3)nc(-n3c4ccccc4c4cc5c(cc43)c3ccccc3n5-c3ccccc3)n2)cc1. The van der Waals surface area contributed by atoms with E-state index in [0.717, 1.165) is 55.3 Å². The van der Waals surface area contributed by atoms with Crippen LogP contribution in [0.3, 0.4) is 0 Å². The number of rotatable bonds is 5. The molecule has 0 saturated carbocycles. The van der Waals surface area contributed by atoms with E-state index in [1.165, 1.54) is 36.5 Å². The molecule has 0 unspecified atom stereocenters. The Morgan fingerprint density at radius 3 is 1.61 bits per heavy atom. The van der Waals surface area contributed by atoms with Crippen LogP contribution in [0.4, 0.5) is 0 Å². The van der Waals surface area contributed by atoms with E-state index in [1.807, 2.05) is 29.5 Å². The van der Waals surface area contributed by atoms with Gasteiger partial charge in [-0.05, 0) is 71.8 Å². The minimum atomic E-state index is 0.577. The molecule has 12 rings (SSSR count). The fourth-order valence-electron chi connectivity index (χ4n) is 8.55. The van der Waals surface area contributed by atoms with Crippen molar-refractivity contribution in [3.8, 4) is 45.5 Å². The molecule has 4 aromatic heterocycles. The molecule has 6 heteroatoms. The van der Waals surface area contributed by atoms with Crippen molar-refractivity contribution in [1.29, 1.82) is 0 Å².